The molecule has 0 amide bonds. The Bertz CT molecular complexity index is 598. The molecule has 2 aliphatic rings. The van der Waals surface area contributed by atoms with Gasteiger partial charge in [0, 0.05) is 5.41 Å². The lowest BCUT2D eigenvalue weighted by Crippen LogP contribution is -2.28. The van der Waals surface area contributed by atoms with Gasteiger partial charge in [-0.25, -0.2) is 0 Å². The van der Waals surface area contributed by atoms with Crippen molar-refractivity contribution < 1.29 is 0 Å². The fraction of sp³-hybridized carbons (Fsp3) is 0.333. The number of rotatable bonds is 0. The second-order valence-corrected chi connectivity index (χ2v) is 5.89. The number of hydrogen-bond donors (Lipinski definition) is 0. The monoisotopic (exact) mass is 234 g/mol. The van der Waals surface area contributed by atoms with Crippen LogP contribution in [-0.4, -0.2) is 0 Å². The zero-order valence-electron chi connectivity index (χ0n) is 10.8. The first kappa shape index (κ1) is 10.4. The minimum Gasteiger partial charge on any atom is -0.0620 e. The molecule has 18 heavy (non-hydrogen) atoms. The smallest absolute Gasteiger partial charge is 0.0240 e. The average molecular weight is 234 g/mol. The summed E-state index contributed by atoms with van der Waals surface area (Å²) < 4.78 is 0. The Labute approximate surface area is 109 Å². The van der Waals surface area contributed by atoms with E-state index in [0.29, 0.717) is 5.41 Å². The summed E-state index contributed by atoms with van der Waals surface area (Å²) in [5.74, 6) is 0.735. The van der Waals surface area contributed by atoms with Crippen molar-refractivity contribution in [2.45, 2.75) is 31.6 Å². The molecule has 90 valence electrons. The van der Waals surface area contributed by atoms with Gasteiger partial charge in [-0.2, -0.15) is 0 Å². The molecular weight excluding hydrogens is 216 g/mol. The van der Waals surface area contributed by atoms with Crippen LogP contribution < -0.4 is 0 Å². The van der Waals surface area contributed by atoms with Gasteiger partial charge in [-0.3, -0.25) is 0 Å². The third kappa shape index (κ3) is 1.11. The maximum Gasteiger partial charge on any atom is 0.0240 e. The second kappa shape index (κ2) is 3.47. The molecule has 2 atom stereocenters. The zero-order valence-corrected chi connectivity index (χ0v) is 10.8. The van der Waals surface area contributed by atoms with Crippen LogP contribution in [0.1, 0.15) is 35.6 Å². The van der Waals surface area contributed by atoms with E-state index in [2.05, 4.69) is 55.5 Å². The summed E-state index contributed by atoms with van der Waals surface area (Å²) in [6.45, 7) is 2.43. The van der Waals surface area contributed by atoms with E-state index < -0.39 is 0 Å². The molecule has 0 bridgehead atoms. The van der Waals surface area contributed by atoms with E-state index >= 15 is 0 Å². The van der Waals surface area contributed by atoms with E-state index in [0.717, 1.165) is 5.92 Å². The Morgan fingerprint density at radius 2 is 1.50 bits per heavy atom. The van der Waals surface area contributed by atoms with Gasteiger partial charge in [-0.05, 0) is 47.4 Å². The SMILES string of the molecule is CC1Cc2ccccc2C12CCc1ccccc12. The zero-order chi connectivity index (χ0) is 12.2. The number of hydrogen-bond acceptors (Lipinski definition) is 0. The summed E-state index contributed by atoms with van der Waals surface area (Å²) in [4.78, 5) is 0. The first-order valence-corrected chi connectivity index (χ1v) is 6.99. The summed E-state index contributed by atoms with van der Waals surface area (Å²) in [6, 6.07) is 18.1. The van der Waals surface area contributed by atoms with Crippen LogP contribution in [0.25, 0.3) is 0 Å². The molecule has 0 heterocycles. The molecule has 0 saturated carbocycles. The lowest BCUT2D eigenvalue weighted by atomic mass is 9.71. The highest BCUT2D eigenvalue weighted by atomic mass is 14.5. The van der Waals surface area contributed by atoms with Gasteiger partial charge < -0.3 is 0 Å². The van der Waals surface area contributed by atoms with Gasteiger partial charge in [-0.1, -0.05) is 55.5 Å². The highest BCUT2D eigenvalue weighted by Gasteiger charge is 2.48. The largest absolute Gasteiger partial charge is 0.0620 e. The summed E-state index contributed by atoms with van der Waals surface area (Å²) in [5.41, 5.74) is 6.65. The molecule has 0 aliphatic heterocycles. The lowest BCUT2D eigenvalue weighted by molar-refractivity contribution is 0.375. The molecule has 2 unspecified atom stereocenters. The van der Waals surface area contributed by atoms with Gasteiger partial charge in [0.1, 0.15) is 0 Å². The molecule has 0 aromatic heterocycles. The summed E-state index contributed by atoms with van der Waals surface area (Å²) in [6.07, 6.45) is 3.78. The van der Waals surface area contributed by atoms with E-state index in [1.54, 1.807) is 22.3 Å². The van der Waals surface area contributed by atoms with Crippen LogP contribution in [0.4, 0.5) is 0 Å². The predicted octanol–water partition coefficient (Wildman–Crippen LogP) is 4.11. The molecule has 0 fully saturated rings. The van der Waals surface area contributed by atoms with Gasteiger partial charge in [0.25, 0.3) is 0 Å². The fourth-order valence-electron chi connectivity index (χ4n) is 4.33. The van der Waals surface area contributed by atoms with Gasteiger partial charge in [-0.15, -0.1) is 0 Å². The number of aryl methyl sites for hydroxylation is 1. The first-order valence-electron chi connectivity index (χ1n) is 6.99. The quantitative estimate of drug-likeness (QED) is 0.643. The lowest BCUT2D eigenvalue weighted by Gasteiger charge is -2.31. The summed E-state index contributed by atoms with van der Waals surface area (Å²) in [5, 5.41) is 0. The number of fused-ring (bicyclic) bond motifs is 4. The van der Waals surface area contributed by atoms with Crippen LogP contribution in [0, 0.1) is 5.92 Å². The molecular formula is C18H18. The molecule has 2 aromatic carbocycles. The van der Waals surface area contributed by atoms with Crippen molar-refractivity contribution in [3.05, 3.63) is 70.8 Å². The van der Waals surface area contributed by atoms with Gasteiger partial charge in [0.2, 0.25) is 0 Å². The van der Waals surface area contributed by atoms with E-state index in [9.17, 15) is 0 Å². The average Bonchev–Trinajstić information content (AvgIpc) is 2.92. The topological polar surface area (TPSA) is 0 Å². The number of benzene rings is 2. The highest BCUT2D eigenvalue weighted by molar-refractivity contribution is 5.54. The van der Waals surface area contributed by atoms with Crippen molar-refractivity contribution in [1.29, 1.82) is 0 Å². The van der Waals surface area contributed by atoms with Gasteiger partial charge in [0.05, 0.1) is 0 Å². The van der Waals surface area contributed by atoms with Crippen molar-refractivity contribution in [3.63, 3.8) is 0 Å². The van der Waals surface area contributed by atoms with Crippen molar-refractivity contribution in [2.24, 2.45) is 5.92 Å². The molecule has 4 rings (SSSR count). The maximum absolute atomic E-state index is 2.43. The maximum atomic E-state index is 2.43. The van der Waals surface area contributed by atoms with Crippen molar-refractivity contribution in [3.8, 4) is 0 Å². The Hall–Kier alpha value is -1.56. The van der Waals surface area contributed by atoms with Crippen LogP contribution in [0.5, 0.6) is 0 Å². The van der Waals surface area contributed by atoms with Crippen LogP contribution in [0.2, 0.25) is 0 Å². The van der Waals surface area contributed by atoms with E-state index in [1.807, 2.05) is 0 Å². The molecule has 0 saturated heterocycles. The summed E-state index contributed by atoms with van der Waals surface area (Å²) >= 11 is 0. The molecule has 0 radical (unpaired) electrons. The molecule has 0 N–H and O–H groups in total. The van der Waals surface area contributed by atoms with Crippen molar-refractivity contribution >= 4 is 0 Å². The molecule has 0 nitrogen and oxygen atoms in total. The van der Waals surface area contributed by atoms with E-state index in [-0.39, 0.29) is 0 Å². The van der Waals surface area contributed by atoms with Crippen molar-refractivity contribution in [2.75, 3.05) is 0 Å². The minimum absolute atomic E-state index is 0.313. The van der Waals surface area contributed by atoms with Crippen molar-refractivity contribution in [1.82, 2.24) is 0 Å². The van der Waals surface area contributed by atoms with E-state index in [4.69, 9.17) is 0 Å². The molecule has 0 heteroatoms. The normalized spacial score (nSPS) is 28.4. The van der Waals surface area contributed by atoms with Crippen LogP contribution in [0.15, 0.2) is 48.5 Å². The Balaban J connectivity index is 2.01. The molecule has 1 spiro atoms. The Morgan fingerprint density at radius 3 is 2.28 bits per heavy atom. The minimum atomic E-state index is 0.313. The molecule has 2 aliphatic carbocycles. The fourth-order valence-corrected chi connectivity index (χ4v) is 4.33. The van der Waals surface area contributed by atoms with Crippen LogP contribution in [0.3, 0.4) is 0 Å². The third-order valence-electron chi connectivity index (χ3n) is 5.15. The van der Waals surface area contributed by atoms with Gasteiger partial charge >= 0.3 is 0 Å². The van der Waals surface area contributed by atoms with Gasteiger partial charge in [0.15, 0.2) is 0 Å². The standard InChI is InChI=1S/C18H18/c1-13-12-15-7-3-5-9-17(15)18(13)11-10-14-6-2-4-8-16(14)18/h2-9,13H,10-12H2,1H3. The molecule has 2 aromatic rings. The van der Waals surface area contributed by atoms with Crippen LogP contribution in [-0.2, 0) is 18.3 Å². The highest BCUT2D eigenvalue weighted by Crippen LogP contribution is 2.54. The summed E-state index contributed by atoms with van der Waals surface area (Å²) in [7, 11) is 0. The Morgan fingerprint density at radius 1 is 0.889 bits per heavy atom. The predicted molar refractivity (Wildman–Crippen MR) is 74.9 cm³/mol. The second-order valence-electron chi connectivity index (χ2n) is 5.89. The Kier molecular flexibility index (Phi) is 2.00. The first-order chi connectivity index (χ1) is 8.82. The third-order valence-corrected chi connectivity index (χ3v) is 5.15. The van der Waals surface area contributed by atoms with E-state index in [1.165, 1.54) is 19.3 Å². The van der Waals surface area contributed by atoms with Crippen LogP contribution >= 0.6 is 0 Å².